The van der Waals surface area contributed by atoms with E-state index >= 15 is 0 Å². The minimum absolute atomic E-state index is 0.191. The lowest BCUT2D eigenvalue weighted by Gasteiger charge is -2.27. The summed E-state index contributed by atoms with van der Waals surface area (Å²) in [5.74, 6) is -0.191. The van der Waals surface area contributed by atoms with Crippen molar-refractivity contribution in [2.45, 2.75) is 32.8 Å². The van der Waals surface area contributed by atoms with Crippen LogP contribution >= 0.6 is 0 Å². The van der Waals surface area contributed by atoms with Gasteiger partial charge in [-0.25, -0.2) is 0 Å². The van der Waals surface area contributed by atoms with Crippen LogP contribution in [0.3, 0.4) is 0 Å². The standard InChI is InChI=1S/C11H24N2O2/c1-6-13(9-7-8-12(4)5)10(14)11(2,3)15/h15H,6-9H2,1-5H3. The Labute approximate surface area is 92.9 Å². The average molecular weight is 216 g/mol. The van der Waals surface area contributed by atoms with Gasteiger partial charge in [0.25, 0.3) is 5.91 Å². The second-order valence-electron chi connectivity index (χ2n) is 4.60. The molecule has 15 heavy (non-hydrogen) atoms. The van der Waals surface area contributed by atoms with Crippen molar-refractivity contribution < 1.29 is 9.90 Å². The molecule has 0 aliphatic heterocycles. The molecule has 0 spiro atoms. The number of hydrogen-bond acceptors (Lipinski definition) is 3. The predicted octanol–water partition coefficient (Wildman–Crippen LogP) is 0.557. The number of aliphatic hydroxyl groups is 1. The van der Waals surface area contributed by atoms with Crippen LogP contribution < -0.4 is 0 Å². The van der Waals surface area contributed by atoms with E-state index in [1.807, 2.05) is 21.0 Å². The lowest BCUT2D eigenvalue weighted by molar-refractivity contribution is -0.147. The van der Waals surface area contributed by atoms with Gasteiger partial charge in [-0.05, 0) is 47.8 Å². The van der Waals surface area contributed by atoms with Crippen molar-refractivity contribution in [3.8, 4) is 0 Å². The zero-order valence-electron chi connectivity index (χ0n) is 10.6. The molecule has 0 atom stereocenters. The lowest BCUT2D eigenvalue weighted by Crippen LogP contribution is -2.45. The van der Waals surface area contributed by atoms with Crippen molar-refractivity contribution in [2.75, 3.05) is 33.7 Å². The number of carbonyl (C=O) groups is 1. The maximum absolute atomic E-state index is 11.7. The summed E-state index contributed by atoms with van der Waals surface area (Å²) in [4.78, 5) is 15.5. The van der Waals surface area contributed by atoms with Gasteiger partial charge < -0.3 is 14.9 Å². The predicted molar refractivity (Wildman–Crippen MR) is 61.7 cm³/mol. The summed E-state index contributed by atoms with van der Waals surface area (Å²) in [5, 5.41) is 9.59. The van der Waals surface area contributed by atoms with Crippen LogP contribution in [0.4, 0.5) is 0 Å². The number of nitrogens with zero attached hydrogens (tertiary/aromatic N) is 2. The molecule has 0 rings (SSSR count). The fraction of sp³-hybridized carbons (Fsp3) is 0.909. The molecule has 0 saturated carbocycles. The molecule has 0 fully saturated rings. The largest absolute Gasteiger partial charge is 0.381 e. The Morgan fingerprint density at radius 1 is 1.27 bits per heavy atom. The molecule has 0 heterocycles. The molecule has 1 amide bonds. The van der Waals surface area contributed by atoms with E-state index in [1.165, 1.54) is 13.8 Å². The van der Waals surface area contributed by atoms with Gasteiger partial charge in [0.15, 0.2) is 0 Å². The molecular weight excluding hydrogens is 192 g/mol. The summed E-state index contributed by atoms with van der Waals surface area (Å²) in [6, 6.07) is 0. The summed E-state index contributed by atoms with van der Waals surface area (Å²) < 4.78 is 0. The SMILES string of the molecule is CCN(CCCN(C)C)C(=O)C(C)(C)O. The Bertz CT molecular complexity index is 197. The van der Waals surface area contributed by atoms with Gasteiger partial charge in [-0.2, -0.15) is 0 Å². The van der Waals surface area contributed by atoms with Gasteiger partial charge in [-0.15, -0.1) is 0 Å². The Balaban J connectivity index is 4.09. The highest BCUT2D eigenvalue weighted by molar-refractivity contribution is 5.84. The van der Waals surface area contributed by atoms with Crippen molar-refractivity contribution >= 4 is 5.91 Å². The van der Waals surface area contributed by atoms with Gasteiger partial charge in [0.2, 0.25) is 0 Å². The third-order valence-corrected chi connectivity index (χ3v) is 2.23. The van der Waals surface area contributed by atoms with E-state index in [0.29, 0.717) is 13.1 Å². The highest BCUT2D eigenvalue weighted by Gasteiger charge is 2.27. The van der Waals surface area contributed by atoms with Gasteiger partial charge >= 0.3 is 0 Å². The summed E-state index contributed by atoms with van der Waals surface area (Å²) in [6.07, 6.45) is 0.933. The summed E-state index contributed by atoms with van der Waals surface area (Å²) in [6.45, 7) is 7.30. The van der Waals surface area contributed by atoms with Crippen LogP contribution in [0.5, 0.6) is 0 Å². The fourth-order valence-corrected chi connectivity index (χ4v) is 1.37. The van der Waals surface area contributed by atoms with E-state index in [-0.39, 0.29) is 5.91 Å². The molecule has 0 bridgehead atoms. The van der Waals surface area contributed by atoms with Gasteiger partial charge in [0.05, 0.1) is 0 Å². The molecule has 0 aromatic carbocycles. The molecule has 0 aliphatic carbocycles. The highest BCUT2D eigenvalue weighted by Crippen LogP contribution is 2.07. The van der Waals surface area contributed by atoms with Crippen LogP contribution in [0.25, 0.3) is 0 Å². The second kappa shape index (κ2) is 6.08. The smallest absolute Gasteiger partial charge is 0.253 e. The summed E-state index contributed by atoms with van der Waals surface area (Å²) >= 11 is 0. The van der Waals surface area contributed by atoms with Crippen molar-refractivity contribution in [3.63, 3.8) is 0 Å². The van der Waals surface area contributed by atoms with E-state index in [4.69, 9.17) is 0 Å². The van der Waals surface area contributed by atoms with Crippen LogP contribution in [-0.2, 0) is 4.79 Å². The molecule has 0 aromatic rings. The quantitative estimate of drug-likeness (QED) is 0.705. The number of rotatable bonds is 6. The first-order valence-electron chi connectivity index (χ1n) is 5.45. The monoisotopic (exact) mass is 216 g/mol. The maximum Gasteiger partial charge on any atom is 0.253 e. The number of amides is 1. The third-order valence-electron chi connectivity index (χ3n) is 2.23. The topological polar surface area (TPSA) is 43.8 Å². The Hall–Kier alpha value is -0.610. The number of carbonyl (C=O) groups excluding carboxylic acids is 1. The average Bonchev–Trinajstić information content (AvgIpc) is 2.09. The molecule has 4 heteroatoms. The summed E-state index contributed by atoms with van der Waals surface area (Å²) in [7, 11) is 4.02. The van der Waals surface area contributed by atoms with Gasteiger partial charge in [0.1, 0.15) is 5.60 Å². The van der Waals surface area contributed by atoms with Crippen molar-refractivity contribution in [1.82, 2.24) is 9.80 Å². The minimum Gasteiger partial charge on any atom is -0.381 e. The third kappa shape index (κ3) is 5.74. The lowest BCUT2D eigenvalue weighted by atomic mass is 10.1. The molecule has 0 unspecified atom stereocenters. The fourth-order valence-electron chi connectivity index (χ4n) is 1.37. The maximum atomic E-state index is 11.7. The Morgan fingerprint density at radius 3 is 2.13 bits per heavy atom. The first-order valence-corrected chi connectivity index (χ1v) is 5.45. The van der Waals surface area contributed by atoms with Gasteiger partial charge in [-0.1, -0.05) is 0 Å². The van der Waals surface area contributed by atoms with Crippen LogP contribution in [-0.4, -0.2) is 60.1 Å². The normalized spacial score (nSPS) is 11.9. The van der Waals surface area contributed by atoms with E-state index in [9.17, 15) is 9.90 Å². The van der Waals surface area contributed by atoms with E-state index in [1.54, 1.807) is 4.90 Å². The molecule has 0 radical (unpaired) electrons. The zero-order valence-corrected chi connectivity index (χ0v) is 10.6. The second-order valence-corrected chi connectivity index (χ2v) is 4.60. The van der Waals surface area contributed by atoms with Crippen molar-refractivity contribution in [3.05, 3.63) is 0 Å². The van der Waals surface area contributed by atoms with Crippen LogP contribution in [0.15, 0.2) is 0 Å². The van der Waals surface area contributed by atoms with Crippen LogP contribution in [0.1, 0.15) is 27.2 Å². The molecule has 1 N–H and O–H groups in total. The molecule has 0 saturated heterocycles. The molecule has 4 nitrogen and oxygen atoms in total. The number of likely N-dealkylation sites (N-methyl/N-ethyl adjacent to an activating group) is 1. The number of hydrogen-bond donors (Lipinski definition) is 1. The van der Waals surface area contributed by atoms with Crippen molar-refractivity contribution in [1.29, 1.82) is 0 Å². The van der Waals surface area contributed by atoms with E-state index in [2.05, 4.69) is 4.90 Å². The molecule has 0 aliphatic rings. The van der Waals surface area contributed by atoms with E-state index < -0.39 is 5.60 Å². The highest BCUT2D eigenvalue weighted by atomic mass is 16.3. The molecule has 90 valence electrons. The van der Waals surface area contributed by atoms with Crippen LogP contribution in [0, 0.1) is 0 Å². The van der Waals surface area contributed by atoms with Gasteiger partial charge in [0, 0.05) is 13.1 Å². The first kappa shape index (κ1) is 14.4. The van der Waals surface area contributed by atoms with E-state index in [0.717, 1.165) is 13.0 Å². The molecular formula is C11H24N2O2. The zero-order chi connectivity index (χ0) is 12.1. The molecule has 0 aromatic heterocycles. The van der Waals surface area contributed by atoms with Crippen LogP contribution in [0.2, 0.25) is 0 Å². The van der Waals surface area contributed by atoms with Gasteiger partial charge in [-0.3, -0.25) is 4.79 Å². The minimum atomic E-state index is -1.26. The Morgan fingerprint density at radius 2 is 1.80 bits per heavy atom. The van der Waals surface area contributed by atoms with Crippen molar-refractivity contribution in [2.24, 2.45) is 0 Å². The Kier molecular flexibility index (Phi) is 5.83. The summed E-state index contributed by atoms with van der Waals surface area (Å²) in [5.41, 5.74) is -1.26. The first-order chi connectivity index (χ1) is 6.79.